The maximum Gasteiger partial charge on any atom is 0.257 e. The summed E-state index contributed by atoms with van der Waals surface area (Å²) in [6.07, 6.45) is 0.774. The molecule has 0 fully saturated rings. The molecule has 5 nitrogen and oxygen atoms in total. The molecular weight excluding hydrogens is 244 g/mol. The molecule has 3 N–H and O–H groups in total. The third-order valence-electron chi connectivity index (χ3n) is 2.54. The minimum absolute atomic E-state index is 0.210. The molecule has 0 saturated heterocycles. The Bertz CT molecular complexity index is 408. The van der Waals surface area contributed by atoms with Crippen molar-refractivity contribution in [1.82, 2.24) is 5.32 Å². The van der Waals surface area contributed by atoms with Gasteiger partial charge in [0.25, 0.3) is 5.91 Å². The van der Waals surface area contributed by atoms with Gasteiger partial charge in [-0.2, -0.15) is 0 Å². The van der Waals surface area contributed by atoms with E-state index in [9.17, 15) is 4.79 Å². The monoisotopic (exact) mass is 266 g/mol. The Balaban J connectivity index is 2.60. The summed E-state index contributed by atoms with van der Waals surface area (Å²) < 4.78 is 10.6. The van der Waals surface area contributed by atoms with Crippen LogP contribution in [-0.4, -0.2) is 32.3 Å². The number of ether oxygens (including phenoxy) is 2. The second-order valence-corrected chi connectivity index (χ2v) is 3.96. The van der Waals surface area contributed by atoms with Gasteiger partial charge in [0.1, 0.15) is 11.3 Å². The van der Waals surface area contributed by atoms with E-state index in [4.69, 9.17) is 15.2 Å². The fraction of sp³-hybridized carbons (Fsp3) is 0.500. The van der Waals surface area contributed by atoms with Gasteiger partial charge in [0.15, 0.2) is 0 Å². The zero-order valence-corrected chi connectivity index (χ0v) is 11.6. The molecule has 0 unspecified atom stereocenters. The summed E-state index contributed by atoms with van der Waals surface area (Å²) in [6, 6.07) is 5.21. The van der Waals surface area contributed by atoms with Gasteiger partial charge in [0.2, 0.25) is 0 Å². The molecule has 0 aromatic heterocycles. The number of carbonyl (C=O) groups is 1. The van der Waals surface area contributed by atoms with Crippen molar-refractivity contribution in [2.75, 3.05) is 32.1 Å². The Morgan fingerprint density at radius 2 is 2.11 bits per heavy atom. The summed E-state index contributed by atoms with van der Waals surface area (Å²) in [5.41, 5.74) is 6.67. The minimum Gasteiger partial charge on any atom is -0.493 e. The van der Waals surface area contributed by atoms with Crippen LogP contribution in [0.3, 0.4) is 0 Å². The molecule has 0 aliphatic rings. The topological polar surface area (TPSA) is 73.6 Å². The molecule has 1 rings (SSSR count). The first-order valence-corrected chi connectivity index (χ1v) is 6.57. The number of benzene rings is 1. The van der Waals surface area contributed by atoms with Gasteiger partial charge in [-0.25, -0.2) is 0 Å². The summed E-state index contributed by atoms with van der Waals surface area (Å²) in [5.74, 6) is 0.308. The van der Waals surface area contributed by atoms with E-state index >= 15 is 0 Å². The number of anilines is 1. The predicted molar refractivity (Wildman–Crippen MR) is 75.5 cm³/mol. The Hall–Kier alpha value is -1.75. The van der Waals surface area contributed by atoms with Gasteiger partial charge >= 0.3 is 0 Å². The quantitative estimate of drug-likeness (QED) is 0.556. The normalized spacial score (nSPS) is 10.2. The highest BCUT2D eigenvalue weighted by Gasteiger charge is 2.15. The van der Waals surface area contributed by atoms with Crippen molar-refractivity contribution >= 4 is 11.6 Å². The molecule has 0 spiro atoms. The highest BCUT2D eigenvalue weighted by molar-refractivity contribution is 6.01. The summed E-state index contributed by atoms with van der Waals surface area (Å²) in [4.78, 5) is 12.1. The van der Waals surface area contributed by atoms with Crippen molar-refractivity contribution < 1.29 is 14.3 Å². The number of hydrogen-bond donors (Lipinski definition) is 2. The molecular formula is C14H22N2O3. The van der Waals surface area contributed by atoms with E-state index in [0.29, 0.717) is 43.4 Å². The fourth-order valence-electron chi connectivity index (χ4n) is 1.68. The molecule has 0 aliphatic carbocycles. The van der Waals surface area contributed by atoms with E-state index < -0.39 is 0 Å². The average molecular weight is 266 g/mol. The number of nitrogens with one attached hydrogen (secondary N) is 1. The maximum absolute atomic E-state index is 12.1. The fourth-order valence-corrected chi connectivity index (χ4v) is 1.68. The number of hydrogen-bond acceptors (Lipinski definition) is 4. The Morgan fingerprint density at radius 1 is 1.32 bits per heavy atom. The van der Waals surface area contributed by atoms with Crippen molar-refractivity contribution in [3.63, 3.8) is 0 Å². The molecule has 0 heterocycles. The largest absolute Gasteiger partial charge is 0.493 e. The third-order valence-corrected chi connectivity index (χ3v) is 2.54. The molecule has 1 aromatic carbocycles. The summed E-state index contributed by atoms with van der Waals surface area (Å²) >= 11 is 0. The summed E-state index contributed by atoms with van der Waals surface area (Å²) in [5, 5.41) is 2.82. The highest BCUT2D eigenvalue weighted by atomic mass is 16.5. The van der Waals surface area contributed by atoms with E-state index in [-0.39, 0.29) is 5.91 Å². The van der Waals surface area contributed by atoms with Crippen LogP contribution in [0.25, 0.3) is 0 Å². The van der Waals surface area contributed by atoms with Gasteiger partial charge in [-0.1, -0.05) is 6.07 Å². The lowest BCUT2D eigenvalue weighted by atomic mass is 10.1. The lowest BCUT2D eigenvalue weighted by molar-refractivity contribution is 0.0941. The first kappa shape index (κ1) is 15.3. The van der Waals surface area contributed by atoms with Crippen LogP contribution in [0.1, 0.15) is 30.6 Å². The van der Waals surface area contributed by atoms with Crippen LogP contribution in [0.2, 0.25) is 0 Å². The van der Waals surface area contributed by atoms with Gasteiger partial charge in [0, 0.05) is 25.4 Å². The highest BCUT2D eigenvalue weighted by Crippen LogP contribution is 2.24. The Labute approximate surface area is 114 Å². The number of carbonyl (C=O) groups excluding carboxylic acids is 1. The first-order chi connectivity index (χ1) is 9.20. The molecule has 1 amide bonds. The standard InChI is InChI=1S/C14H22N2O3/c1-3-18-10-6-9-16-14(17)13-11(15)7-5-8-12(13)19-4-2/h5,7-8H,3-4,6,9-10,15H2,1-2H3,(H,16,17). The van der Waals surface area contributed by atoms with E-state index in [2.05, 4.69) is 5.32 Å². The molecule has 0 radical (unpaired) electrons. The van der Waals surface area contributed by atoms with Crippen LogP contribution in [0, 0.1) is 0 Å². The Morgan fingerprint density at radius 3 is 2.79 bits per heavy atom. The molecule has 1 aromatic rings. The number of nitrogens with two attached hydrogens (primary N) is 1. The second kappa shape index (κ2) is 8.37. The van der Waals surface area contributed by atoms with Gasteiger partial charge < -0.3 is 20.5 Å². The molecule has 0 bridgehead atoms. The van der Waals surface area contributed by atoms with Crippen LogP contribution in [0.15, 0.2) is 18.2 Å². The maximum atomic E-state index is 12.1. The third kappa shape index (κ3) is 4.79. The SMILES string of the molecule is CCOCCCNC(=O)c1c(N)cccc1OCC. The van der Waals surface area contributed by atoms with Gasteiger partial charge in [-0.05, 0) is 32.4 Å². The number of amides is 1. The lowest BCUT2D eigenvalue weighted by Crippen LogP contribution is -2.26. The molecule has 19 heavy (non-hydrogen) atoms. The van der Waals surface area contributed by atoms with E-state index in [1.807, 2.05) is 13.8 Å². The minimum atomic E-state index is -0.210. The van der Waals surface area contributed by atoms with Gasteiger partial charge in [-0.3, -0.25) is 4.79 Å². The van der Waals surface area contributed by atoms with Crippen LogP contribution >= 0.6 is 0 Å². The summed E-state index contributed by atoms with van der Waals surface area (Å²) in [6.45, 7) is 6.19. The predicted octanol–water partition coefficient (Wildman–Crippen LogP) is 1.82. The zero-order chi connectivity index (χ0) is 14.1. The molecule has 0 atom stereocenters. The molecule has 5 heteroatoms. The van der Waals surface area contributed by atoms with E-state index in [0.717, 1.165) is 6.42 Å². The van der Waals surface area contributed by atoms with Crippen molar-refractivity contribution in [2.24, 2.45) is 0 Å². The zero-order valence-electron chi connectivity index (χ0n) is 11.6. The average Bonchev–Trinajstić information content (AvgIpc) is 2.39. The van der Waals surface area contributed by atoms with E-state index in [1.54, 1.807) is 18.2 Å². The first-order valence-electron chi connectivity index (χ1n) is 6.57. The lowest BCUT2D eigenvalue weighted by Gasteiger charge is -2.12. The van der Waals surface area contributed by atoms with Crippen LogP contribution in [0.5, 0.6) is 5.75 Å². The number of rotatable bonds is 8. The van der Waals surface area contributed by atoms with Crippen molar-refractivity contribution in [3.05, 3.63) is 23.8 Å². The summed E-state index contributed by atoms with van der Waals surface area (Å²) in [7, 11) is 0. The molecule has 0 saturated carbocycles. The van der Waals surface area contributed by atoms with Crippen molar-refractivity contribution in [3.8, 4) is 5.75 Å². The molecule has 106 valence electrons. The number of nitrogen functional groups attached to an aromatic ring is 1. The van der Waals surface area contributed by atoms with Crippen LogP contribution in [0.4, 0.5) is 5.69 Å². The smallest absolute Gasteiger partial charge is 0.257 e. The van der Waals surface area contributed by atoms with Crippen LogP contribution in [-0.2, 0) is 4.74 Å². The van der Waals surface area contributed by atoms with Gasteiger partial charge in [-0.15, -0.1) is 0 Å². The Kier molecular flexibility index (Phi) is 6.74. The van der Waals surface area contributed by atoms with E-state index in [1.165, 1.54) is 0 Å². The van der Waals surface area contributed by atoms with Crippen molar-refractivity contribution in [2.45, 2.75) is 20.3 Å². The van der Waals surface area contributed by atoms with Crippen LogP contribution < -0.4 is 15.8 Å². The van der Waals surface area contributed by atoms with Crippen molar-refractivity contribution in [1.29, 1.82) is 0 Å². The van der Waals surface area contributed by atoms with Gasteiger partial charge in [0.05, 0.1) is 6.61 Å². The second-order valence-electron chi connectivity index (χ2n) is 3.96. The molecule has 0 aliphatic heterocycles.